The monoisotopic (exact) mass is 326 g/mol. The predicted octanol–water partition coefficient (Wildman–Crippen LogP) is 2.43. The molecule has 0 atom stereocenters. The van der Waals surface area contributed by atoms with E-state index in [-0.39, 0.29) is 11.4 Å². The molecule has 0 amide bonds. The topological polar surface area (TPSA) is 81.4 Å². The Morgan fingerprint density at radius 2 is 2.00 bits per heavy atom. The van der Waals surface area contributed by atoms with Crippen LogP contribution in [-0.2, 0) is 16.6 Å². The zero-order valence-electron chi connectivity index (χ0n) is 12.1. The highest BCUT2D eigenvalue weighted by Gasteiger charge is 2.16. The lowest BCUT2D eigenvalue weighted by atomic mass is 10.3. The molecule has 0 radical (unpaired) electrons. The van der Waals surface area contributed by atoms with Gasteiger partial charge >= 0.3 is 0 Å². The van der Waals surface area contributed by atoms with Crippen LogP contribution in [0, 0.1) is 13.8 Å². The highest BCUT2D eigenvalue weighted by atomic mass is 32.2. The van der Waals surface area contributed by atoms with Crippen LogP contribution < -0.4 is 15.2 Å². The Morgan fingerprint density at radius 3 is 2.52 bits per heavy atom. The SMILES string of the molecule is COc1ccc(S(=O)(=O)NCc2cc(C)c(C)s2)cc1N. The first-order valence-corrected chi connectivity index (χ1v) is 8.62. The van der Waals surface area contributed by atoms with Gasteiger partial charge in [-0.15, -0.1) is 11.3 Å². The van der Waals surface area contributed by atoms with Crippen molar-refractivity contribution in [2.75, 3.05) is 12.8 Å². The molecule has 0 aliphatic heterocycles. The van der Waals surface area contributed by atoms with Crippen molar-refractivity contribution in [1.82, 2.24) is 4.72 Å². The van der Waals surface area contributed by atoms with Crippen LogP contribution in [-0.4, -0.2) is 15.5 Å². The number of methoxy groups -OCH3 is 1. The molecular formula is C14H18N2O3S2. The summed E-state index contributed by atoms with van der Waals surface area (Å²) >= 11 is 1.59. The number of rotatable bonds is 5. The van der Waals surface area contributed by atoms with E-state index in [2.05, 4.69) is 4.72 Å². The quantitative estimate of drug-likeness (QED) is 0.827. The fourth-order valence-corrected chi connectivity index (χ4v) is 3.99. The molecule has 0 unspecified atom stereocenters. The number of sulfonamides is 1. The molecule has 0 saturated heterocycles. The second-order valence-electron chi connectivity index (χ2n) is 4.68. The maximum atomic E-state index is 12.2. The van der Waals surface area contributed by atoms with Gasteiger partial charge in [0.05, 0.1) is 17.7 Å². The number of anilines is 1. The number of hydrogen-bond donors (Lipinski definition) is 2. The minimum Gasteiger partial charge on any atom is -0.495 e. The Morgan fingerprint density at radius 1 is 1.29 bits per heavy atom. The Kier molecular flexibility index (Phi) is 4.55. The van der Waals surface area contributed by atoms with E-state index in [9.17, 15) is 8.42 Å². The maximum absolute atomic E-state index is 12.2. The molecule has 2 rings (SSSR count). The largest absolute Gasteiger partial charge is 0.495 e. The van der Waals surface area contributed by atoms with Gasteiger partial charge in [0.25, 0.3) is 0 Å². The predicted molar refractivity (Wildman–Crippen MR) is 85.2 cm³/mol. The van der Waals surface area contributed by atoms with E-state index < -0.39 is 10.0 Å². The van der Waals surface area contributed by atoms with Gasteiger partial charge in [-0.25, -0.2) is 13.1 Å². The number of ether oxygens (including phenoxy) is 1. The molecule has 114 valence electrons. The summed E-state index contributed by atoms with van der Waals surface area (Å²) in [5.74, 6) is 0.457. The van der Waals surface area contributed by atoms with Crippen LogP contribution in [0.15, 0.2) is 29.2 Å². The van der Waals surface area contributed by atoms with Crippen LogP contribution >= 0.6 is 11.3 Å². The van der Waals surface area contributed by atoms with Gasteiger partial charge in [0.1, 0.15) is 5.75 Å². The first-order valence-electron chi connectivity index (χ1n) is 6.32. The van der Waals surface area contributed by atoms with Crippen molar-refractivity contribution in [3.8, 4) is 5.75 Å². The number of nitrogens with two attached hydrogens (primary N) is 1. The second kappa shape index (κ2) is 6.05. The van der Waals surface area contributed by atoms with Crippen molar-refractivity contribution >= 4 is 27.0 Å². The highest BCUT2D eigenvalue weighted by Crippen LogP contribution is 2.25. The van der Waals surface area contributed by atoms with Crippen LogP contribution in [0.3, 0.4) is 0 Å². The summed E-state index contributed by atoms with van der Waals surface area (Å²) in [5.41, 5.74) is 7.21. The molecule has 1 aromatic heterocycles. The third-order valence-electron chi connectivity index (χ3n) is 3.16. The van der Waals surface area contributed by atoms with Crippen molar-refractivity contribution in [2.24, 2.45) is 0 Å². The van der Waals surface area contributed by atoms with Gasteiger partial charge < -0.3 is 10.5 Å². The molecule has 0 saturated carbocycles. The molecule has 0 fully saturated rings. The molecule has 0 bridgehead atoms. The third kappa shape index (κ3) is 3.55. The molecule has 0 spiro atoms. The van der Waals surface area contributed by atoms with E-state index in [4.69, 9.17) is 10.5 Å². The Balaban J connectivity index is 2.16. The van der Waals surface area contributed by atoms with Gasteiger partial charge in [-0.3, -0.25) is 0 Å². The number of nitrogen functional groups attached to an aromatic ring is 1. The second-order valence-corrected chi connectivity index (χ2v) is 7.79. The van der Waals surface area contributed by atoms with E-state index >= 15 is 0 Å². The van der Waals surface area contributed by atoms with Gasteiger partial charge in [-0.05, 0) is 43.7 Å². The first kappa shape index (κ1) is 15.8. The van der Waals surface area contributed by atoms with Gasteiger partial charge in [0.2, 0.25) is 10.0 Å². The molecular weight excluding hydrogens is 308 g/mol. The minimum atomic E-state index is -3.59. The number of benzene rings is 1. The summed E-state index contributed by atoms with van der Waals surface area (Å²) in [5, 5.41) is 0. The summed E-state index contributed by atoms with van der Waals surface area (Å²) in [6.07, 6.45) is 0. The van der Waals surface area contributed by atoms with E-state index in [1.165, 1.54) is 29.7 Å². The normalized spacial score (nSPS) is 11.6. The summed E-state index contributed by atoms with van der Waals surface area (Å²) < 4.78 is 32.1. The van der Waals surface area contributed by atoms with Crippen LogP contribution in [0.1, 0.15) is 15.3 Å². The van der Waals surface area contributed by atoms with Gasteiger partial charge in [0, 0.05) is 16.3 Å². The van der Waals surface area contributed by atoms with E-state index in [1.54, 1.807) is 17.4 Å². The molecule has 0 aliphatic carbocycles. The van der Waals surface area contributed by atoms with Gasteiger partial charge in [0.15, 0.2) is 0 Å². The number of aryl methyl sites for hydroxylation is 2. The molecule has 5 nitrogen and oxygen atoms in total. The highest BCUT2D eigenvalue weighted by molar-refractivity contribution is 7.89. The van der Waals surface area contributed by atoms with Crippen molar-refractivity contribution in [1.29, 1.82) is 0 Å². The van der Waals surface area contributed by atoms with Crippen molar-refractivity contribution in [2.45, 2.75) is 25.3 Å². The number of thiophene rings is 1. The molecule has 2 aromatic rings. The standard InChI is InChI=1S/C14H18N2O3S2/c1-9-6-11(20-10(9)2)8-16-21(17,18)12-4-5-14(19-3)13(15)7-12/h4-7,16H,8,15H2,1-3H3. The number of nitrogens with one attached hydrogen (secondary N) is 1. The fraction of sp³-hybridized carbons (Fsp3) is 0.286. The number of hydrogen-bond acceptors (Lipinski definition) is 5. The Labute approximate surface area is 128 Å². The maximum Gasteiger partial charge on any atom is 0.240 e. The zero-order valence-corrected chi connectivity index (χ0v) is 13.8. The summed E-state index contributed by atoms with van der Waals surface area (Å²) in [6, 6.07) is 6.41. The molecule has 7 heteroatoms. The molecule has 3 N–H and O–H groups in total. The average Bonchev–Trinajstić information content (AvgIpc) is 2.76. The fourth-order valence-electron chi connectivity index (χ4n) is 1.87. The zero-order chi connectivity index (χ0) is 15.6. The molecule has 1 heterocycles. The van der Waals surface area contributed by atoms with Crippen molar-refractivity contribution < 1.29 is 13.2 Å². The van der Waals surface area contributed by atoms with Crippen LogP contribution in [0.2, 0.25) is 0 Å². The van der Waals surface area contributed by atoms with Crippen molar-refractivity contribution in [3.63, 3.8) is 0 Å². The van der Waals surface area contributed by atoms with Crippen LogP contribution in [0.25, 0.3) is 0 Å². The Bertz CT molecular complexity index is 732. The molecule has 0 aliphatic rings. The summed E-state index contributed by atoms with van der Waals surface area (Å²) in [4.78, 5) is 2.30. The smallest absolute Gasteiger partial charge is 0.240 e. The molecule has 1 aromatic carbocycles. The Hall–Kier alpha value is -1.57. The van der Waals surface area contributed by atoms with Gasteiger partial charge in [-0.2, -0.15) is 0 Å². The minimum absolute atomic E-state index is 0.130. The average molecular weight is 326 g/mol. The lowest BCUT2D eigenvalue weighted by molar-refractivity contribution is 0.416. The first-order chi connectivity index (χ1) is 9.83. The lowest BCUT2D eigenvalue weighted by Crippen LogP contribution is -2.22. The van der Waals surface area contributed by atoms with E-state index in [0.717, 1.165) is 4.88 Å². The summed E-state index contributed by atoms with van der Waals surface area (Å²) in [7, 11) is -2.10. The van der Waals surface area contributed by atoms with Crippen molar-refractivity contribution in [3.05, 3.63) is 39.6 Å². The van der Waals surface area contributed by atoms with Gasteiger partial charge in [-0.1, -0.05) is 0 Å². The molecule has 21 heavy (non-hydrogen) atoms. The van der Waals surface area contributed by atoms with E-state index in [0.29, 0.717) is 11.4 Å². The summed E-state index contributed by atoms with van der Waals surface area (Å²) in [6.45, 7) is 4.30. The van der Waals surface area contributed by atoms with E-state index in [1.807, 2.05) is 19.9 Å². The lowest BCUT2D eigenvalue weighted by Gasteiger charge is -2.09. The third-order valence-corrected chi connectivity index (χ3v) is 5.72. The van der Waals surface area contributed by atoms with Crippen LogP contribution in [0.4, 0.5) is 5.69 Å². The van der Waals surface area contributed by atoms with Crippen LogP contribution in [0.5, 0.6) is 5.75 Å².